The number of nitrogens with zero attached hydrogens (tertiary/aromatic N) is 1. The van der Waals surface area contributed by atoms with Gasteiger partial charge in [0.25, 0.3) is 0 Å². The van der Waals surface area contributed by atoms with Crippen molar-refractivity contribution in [2.75, 3.05) is 0 Å². The molecule has 0 unspecified atom stereocenters. The van der Waals surface area contributed by atoms with Crippen molar-refractivity contribution in [3.63, 3.8) is 0 Å². The van der Waals surface area contributed by atoms with Gasteiger partial charge in [-0.15, -0.1) is 0 Å². The number of nitrogens with one attached hydrogen (secondary N) is 1. The van der Waals surface area contributed by atoms with Gasteiger partial charge in [-0.05, 0) is 30.7 Å². The highest BCUT2D eigenvalue weighted by atomic mass is 79.9. The van der Waals surface area contributed by atoms with Gasteiger partial charge in [0.05, 0.1) is 11.8 Å². The summed E-state index contributed by atoms with van der Waals surface area (Å²) in [4.78, 5) is 40.1. The molecule has 2 bridgehead atoms. The van der Waals surface area contributed by atoms with Crippen molar-refractivity contribution in [2.45, 2.75) is 35.6 Å². The molecule has 1 aliphatic heterocycles. The topological polar surface area (TPSA) is 66.5 Å². The fourth-order valence-corrected chi connectivity index (χ4v) is 6.68. The average molecular weight is 484 g/mol. The predicted octanol–water partition coefficient (Wildman–Crippen LogP) is 2.47. The monoisotopic (exact) mass is 482 g/mol. The van der Waals surface area contributed by atoms with Crippen molar-refractivity contribution in [3.8, 4) is 0 Å². The number of imide groups is 1. The van der Waals surface area contributed by atoms with E-state index < -0.39 is 6.04 Å². The first-order valence-electron chi connectivity index (χ1n) is 8.88. The molecule has 4 rings (SSSR count). The maximum Gasteiger partial charge on any atom is 0.243 e. The first-order chi connectivity index (χ1) is 12.4. The van der Waals surface area contributed by atoms with Crippen LogP contribution in [0.1, 0.15) is 18.9 Å². The first kappa shape index (κ1) is 18.2. The molecule has 7 atom stereocenters. The van der Waals surface area contributed by atoms with Crippen molar-refractivity contribution in [1.82, 2.24) is 10.2 Å². The summed E-state index contributed by atoms with van der Waals surface area (Å²) in [6, 6.07) is 8.78. The van der Waals surface area contributed by atoms with Crippen LogP contribution in [0, 0.1) is 23.7 Å². The fourth-order valence-electron chi connectivity index (χ4n) is 4.80. The van der Waals surface area contributed by atoms with E-state index in [4.69, 9.17) is 0 Å². The molecule has 1 N–H and O–H groups in total. The van der Waals surface area contributed by atoms with Crippen LogP contribution < -0.4 is 5.32 Å². The van der Waals surface area contributed by atoms with E-state index in [9.17, 15) is 14.4 Å². The molecule has 1 aromatic rings. The van der Waals surface area contributed by atoms with Crippen LogP contribution in [-0.4, -0.2) is 38.3 Å². The molecule has 0 radical (unpaired) electrons. The van der Waals surface area contributed by atoms with Crippen LogP contribution in [0.4, 0.5) is 0 Å². The maximum atomic E-state index is 12.9. The van der Waals surface area contributed by atoms with Crippen LogP contribution in [0.5, 0.6) is 0 Å². The molecule has 138 valence electrons. The Labute approximate surface area is 169 Å². The summed E-state index contributed by atoms with van der Waals surface area (Å²) in [7, 11) is 0. The molecule has 0 aromatic heterocycles. The van der Waals surface area contributed by atoms with E-state index in [1.54, 1.807) is 6.92 Å². The molecule has 2 saturated carbocycles. The lowest BCUT2D eigenvalue weighted by molar-refractivity contribution is -0.148. The van der Waals surface area contributed by atoms with Gasteiger partial charge in [-0.2, -0.15) is 0 Å². The standard InChI is InChI=1S/C19H20Br2N2O3/c1-9(17(24)22-8-10-5-3-2-4-6-10)23-18(25)13-11-7-12(14(13)19(23)26)16(21)15(11)20/h2-6,9,11-16H,7-8H2,1H3,(H,22,24)/t9-,11-,12-,13-,14-,15-,16+/m1/s1. The second-order valence-electron chi connectivity index (χ2n) is 7.43. The molecule has 3 amide bonds. The highest BCUT2D eigenvalue weighted by Crippen LogP contribution is 2.60. The Bertz CT molecular complexity index is 724. The summed E-state index contributed by atoms with van der Waals surface area (Å²) in [5.74, 6) is -0.901. The second-order valence-corrected chi connectivity index (χ2v) is 9.54. The molecule has 3 aliphatic rings. The van der Waals surface area contributed by atoms with E-state index in [2.05, 4.69) is 37.2 Å². The molecule has 7 heteroatoms. The Hall–Kier alpha value is -1.21. The zero-order valence-electron chi connectivity index (χ0n) is 14.3. The van der Waals surface area contributed by atoms with Crippen LogP contribution in [-0.2, 0) is 20.9 Å². The molecule has 1 aromatic carbocycles. The summed E-state index contributed by atoms with van der Waals surface area (Å²) in [5, 5.41) is 2.83. The lowest BCUT2D eigenvalue weighted by atomic mass is 9.81. The van der Waals surface area contributed by atoms with Gasteiger partial charge in [0.1, 0.15) is 6.04 Å². The van der Waals surface area contributed by atoms with E-state index in [0.29, 0.717) is 6.54 Å². The number of likely N-dealkylation sites (tertiary alicyclic amines) is 1. The highest BCUT2D eigenvalue weighted by Gasteiger charge is 2.67. The van der Waals surface area contributed by atoms with E-state index in [0.717, 1.165) is 12.0 Å². The van der Waals surface area contributed by atoms with Crippen LogP contribution >= 0.6 is 31.9 Å². The van der Waals surface area contributed by atoms with Crippen LogP contribution in [0.25, 0.3) is 0 Å². The normalized spacial score (nSPS) is 36.3. The van der Waals surface area contributed by atoms with Gasteiger partial charge in [-0.3, -0.25) is 19.3 Å². The predicted molar refractivity (Wildman–Crippen MR) is 104 cm³/mol. The van der Waals surface area contributed by atoms with Gasteiger partial charge in [0.15, 0.2) is 0 Å². The fraction of sp³-hybridized carbons (Fsp3) is 0.526. The number of halogens is 2. The Morgan fingerprint density at radius 3 is 2.19 bits per heavy atom. The molecule has 0 spiro atoms. The van der Waals surface area contributed by atoms with Crippen molar-refractivity contribution >= 4 is 49.6 Å². The van der Waals surface area contributed by atoms with Crippen LogP contribution in [0.3, 0.4) is 0 Å². The maximum absolute atomic E-state index is 12.9. The van der Waals surface area contributed by atoms with Crippen molar-refractivity contribution in [2.24, 2.45) is 23.7 Å². The lowest BCUT2D eigenvalue weighted by Crippen LogP contribution is -2.48. The largest absolute Gasteiger partial charge is 0.350 e. The summed E-state index contributed by atoms with van der Waals surface area (Å²) in [6.07, 6.45) is 0.890. The summed E-state index contributed by atoms with van der Waals surface area (Å²) in [5.41, 5.74) is 0.978. The zero-order chi connectivity index (χ0) is 18.6. The number of benzene rings is 1. The van der Waals surface area contributed by atoms with Crippen LogP contribution in [0.15, 0.2) is 30.3 Å². The minimum absolute atomic E-state index is 0.162. The number of carbonyl (C=O) groups excluding carboxylic acids is 3. The van der Waals surface area contributed by atoms with E-state index in [-0.39, 0.29) is 51.0 Å². The molecule has 2 aliphatic carbocycles. The van der Waals surface area contributed by atoms with Gasteiger partial charge in [-0.1, -0.05) is 62.2 Å². The van der Waals surface area contributed by atoms with Gasteiger partial charge in [0.2, 0.25) is 17.7 Å². The van der Waals surface area contributed by atoms with Crippen molar-refractivity contribution in [1.29, 1.82) is 0 Å². The summed E-state index contributed by atoms with van der Waals surface area (Å²) >= 11 is 7.35. The number of fused-ring (bicyclic) bond motifs is 5. The summed E-state index contributed by atoms with van der Waals surface area (Å²) in [6.45, 7) is 2.02. The van der Waals surface area contributed by atoms with Crippen LogP contribution in [0.2, 0.25) is 0 Å². The smallest absolute Gasteiger partial charge is 0.243 e. The molecule has 1 heterocycles. The SMILES string of the molecule is C[C@H](C(=O)NCc1ccccc1)N1C(=O)[C@@H]2[C@H]3C[C@@H]([C@@H](Br)[C@H]3Br)[C@H]2C1=O. The number of amides is 3. The van der Waals surface area contributed by atoms with Gasteiger partial charge in [-0.25, -0.2) is 0 Å². The van der Waals surface area contributed by atoms with E-state index >= 15 is 0 Å². The average Bonchev–Trinajstić information content (AvgIpc) is 3.25. The van der Waals surface area contributed by atoms with E-state index in [1.807, 2.05) is 30.3 Å². The summed E-state index contributed by atoms with van der Waals surface area (Å²) < 4.78 is 0. The molecular formula is C19H20Br2N2O3. The molecule has 3 fully saturated rings. The third-order valence-electron chi connectivity index (χ3n) is 6.10. The Balaban J connectivity index is 1.47. The Kier molecular flexibility index (Phi) is 4.72. The number of rotatable bonds is 4. The minimum atomic E-state index is -0.786. The lowest BCUT2D eigenvalue weighted by Gasteiger charge is -2.28. The molecule has 5 nitrogen and oxygen atoms in total. The van der Waals surface area contributed by atoms with Crippen molar-refractivity contribution in [3.05, 3.63) is 35.9 Å². The second kappa shape index (κ2) is 6.75. The third-order valence-corrected chi connectivity index (χ3v) is 9.30. The minimum Gasteiger partial charge on any atom is -0.350 e. The number of hydrogen-bond donors (Lipinski definition) is 1. The molecule has 26 heavy (non-hydrogen) atoms. The quantitative estimate of drug-likeness (QED) is 0.528. The zero-order valence-corrected chi connectivity index (χ0v) is 17.4. The Morgan fingerprint density at radius 2 is 1.65 bits per heavy atom. The Morgan fingerprint density at radius 1 is 1.12 bits per heavy atom. The molecule has 1 saturated heterocycles. The number of carbonyl (C=O) groups is 3. The van der Waals surface area contributed by atoms with Gasteiger partial charge in [0, 0.05) is 16.2 Å². The highest BCUT2D eigenvalue weighted by molar-refractivity contribution is 9.12. The first-order valence-corrected chi connectivity index (χ1v) is 10.7. The third kappa shape index (κ3) is 2.66. The van der Waals surface area contributed by atoms with Crippen molar-refractivity contribution < 1.29 is 14.4 Å². The van der Waals surface area contributed by atoms with E-state index in [1.165, 1.54) is 4.90 Å². The number of alkyl halides is 2. The molecular weight excluding hydrogens is 464 g/mol. The van der Waals surface area contributed by atoms with Gasteiger partial charge < -0.3 is 5.32 Å². The number of hydrogen-bond acceptors (Lipinski definition) is 3. The van der Waals surface area contributed by atoms with Gasteiger partial charge >= 0.3 is 0 Å².